The van der Waals surface area contributed by atoms with E-state index in [4.69, 9.17) is 9.26 Å². The van der Waals surface area contributed by atoms with Crippen molar-refractivity contribution in [3.63, 3.8) is 0 Å². The number of nitrogens with zero attached hydrogens (tertiary/aromatic N) is 4. The van der Waals surface area contributed by atoms with Gasteiger partial charge in [0.25, 0.3) is 0 Å². The van der Waals surface area contributed by atoms with E-state index in [1.54, 1.807) is 11.3 Å². The van der Waals surface area contributed by atoms with Crippen molar-refractivity contribution in [1.82, 2.24) is 20.0 Å². The van der Waals surface area contributed by atoms with Crippen LogP contribution in [0.4, 0.5) is 0 Å². The SMILES string of the molecule is Cc1noc([C@H]2COC[C@H]3CN(Cc4scnc4C)C[C@H]32)n1. The Hall–Kier alpha value is -1.31. The lowest BCUT2D eigenvalue weighted by molar-refractivity contribution is 0.00991. The van der Waals surface area contributed by atoms with Gasteiger partial charge in [-0.15, -0.1) is 11.3 Å². The number of thiazole rings is 1. The molecule has 2 saturated heterocycles. The number of hydrogen-bond acceptors (Lipinski definition) is 7. The minimum Gasteiger partial charge on any atom is -0.380 e. The van der Waals surface area contributed by atoms with Gasteiger partial charge in [0, 0.05) is 24.5 Å². The highest BCUT2D eigenvalue weighted by atomic mass is 32.1. The van der Waals surface area contributed by atoms with E-state index < -0.39 is 0 Å². The fourth-order valence-corrected chi connectivity index (χ4v) is 4.44. The van der Waals surface area contributed by atoms with Crippen molar-refractivity contribution in [1.29, 1.82) is 0 Å². The molecule has 0 spiro atoms. The molecule has 7 heteroatoms. The average Bonchev–Trinajstić information content (AvgIpc) is 3.20. The molecule has 3 atom stereocenters. The molecule has 118 valence electrons. The highest BCUT2D eigenvalue weighted by Crippen LogP contribution is 2.39. The van der Waals surface area contributed by atoms with Crippen molar-refractivity contribution in [2.45, 2.75) is 26.3 Å². The molecule has 0 unspecified atom stereocenters. The van der Waals surface area contributed by atoms with Gasteiger partial charge in [-0.3, -0.25) is 4.90 Å². The maximum absolute atomic E-state index is 5.80. The lowest BCUT2D eigenvalue weighted by Crippen LogP contribution is -2.33. The van der Waals surface area contributed by atoms with Gasteiger partial charge in [0.05, 0.1) is 30.3 Å². The number of likely N-dealkylation sites (tertiary alicyclic amines) is 1. The molecule has 0 saturated carbocycles. The topological polar surface area (TPSA) is 64.3 Å². The summed E-state index contributed by atoms with van der Waals surface area (Å²) in [5, 5.41) is 3.94. The van der Waals surface area contributed by atoms with Crippen molar-refractivity contribution in [3.05, 3.63) is 27.8 Å². The zero-order valence-electron chi connectivity index (χ0n) is 12.9. The number of rotatable bonds is 3. The maximum atomic E-state index is 5.80. The van der Waals surface area contributed by atoms with E-state index >= 15 is 0 Å². The summed E-state index contributed by atoms with van der Waals surface area (Å²) in [5.41, 5.74) is 3.08. The maximum Gasteiger partial charge on any atom is 0.232 e. The van der Waals surface area contributed by atoms with Crippen LogP contribution < -0.4 is 0 Å². The van der Waals surface area contributed by atoms with E-state index in [0.29, 0.717) is 24.3 Å². The van der Waals surface area contributed by atoms with Crippen LogP contribution in [0.3, 0.4) is 0 Å². The first-order valence-corrected chi connectivity index (χ1v) is 8.58. The Morgan fingerprint density at radius 1 is 1.32 bits per heavy atom. The van der Waals surface area contributed by atoms with Crippen LogP contribution in [0, 0.1) is 25.7 Å². The van der Waals surface area contributed by atoms with Gasteiger partial charge in [-0.05, 0) is 25.7 Å². The smallest absolute Gasteiger partial charge is 0.232 e. The highest BCUT2D eigenvalue weighted by Gasteiger charge is 2.43. The number of ether oxygens (including phenoxy) is 1. The molecule has 0 aromatic carbocycles. The van der Waals surface area contributed by atoms with Gasteiger partial charge in [-0.1, -0.05) is 5.16 Å². The number of aryl methyl sites for hydroxylation is 2. The second-order valence-corrected chi connectivity index (χ2v) is 7.24. The molecule has 0 bridgehead atoms. The van der Waals surface area contributed by atoms with Gasteiger partial charge < -0.3 is 9.26 Å². The molecule has 4 rings (SSSR count). The Bertz CT molecular complexity index is 656. The molecule has 2 aliphatic heterocycles. The summed E-state index contributed by atoms with van der Waals surface area (Å²) in [5.74, 6) is 2.77. The fraction of sp³-hybridized carbons (Fsp3) is 0.667. The molecule has 2 aliphatic rings. The zero-order valence-corrected chi connectivity index (χ0v) is 13.7. The van der Waals surface area contributed by atoms with Crippen molar-refractivity contribution >= 4 is 11.3 Å². The van der Waals surface area contributed by atoms with Crippen LogP contribution in [0.25, 0.3) is 0 Å². The monoisotopic (exact) mass is 320 g/mol. The molecule has 0 aliphatic carbocycles. The predicted molar refractivity (Wildman–Crippen MR) is 81.7 cm³/mol. The first kappa shape index (κ1) is 14.3. The second-order valence-electron chi connectivity index (χ2n) is 6.30. The molecular formula is C15H20N4O2S. The Morgan fingerprint density at radius 2 is 2.23 bits per heavy atom. The van der Waals surface area contributed by atoms with E-state index in [1.165, 1.54) is 4.88 Å². The first-order chi connectivity index (χ1) is 10.7. The largest absolute Gasteiger partial charge is 0.380 e. The molecule has 4 heterocycles. The van der Waals surface area contributed by atoms with Gasteiger partial charge >= 0.3 is 0 Å². The van der Waals surface area contributed by atoms with Crippen molar-refractivity contribution in [3.8, 4) is 0 Å². The van der Waals surface area contributed by atoms with Gasteiger partial charge in [0.2, 0.25) is 5.89 Å². The van der Waals surface area contributed by atoms with Gasteiger partial charge in [0.1, 0.15) is 0 Å². The normalized spacial score (nSPS) is 28.9. The van der Waals surface area contributed by atoms with Crippen LogP contribution in [-0.2, 0) is 11.3 Å². The van der Waals surface area contributed by atoms with Crippen LogP contribution in [0.2, 0.25) is 0 Å². The van der Waals surface area contributed by atoms with Crippen LogP contribution in [0.15, 0.2) is 10.0 Å². The average molecular weight is 320 g/mol. The molecule has 2 aromatic rings. The van der Waals surface area contributed by atoms with Crippen LogP contribution in [-0.4, -0.2) is 46.3 Å². The fourth-order valence-electron chi connectivity index (χ4n) is 3.62. The van der Waals surface area contributed by atoms with E-state index in [1.807, 2.05) is 12.4 Å². The lowest BCUT2D eigenvalue weighted by atomic mass is 9.83. The molecule has 22 heavy (non-hydrogen) atoms. The van der Waals surface area contributed by atoms with Gasteiger partial charge in [-0.25, -0.2) is 4.98 Å². The molecule has 0 N–H and O–H groups in total. The van der Waals surface area contributed by atoms with Gasteiger partial charge in [-0.2, -0.15) is 4.98 Å². The summed E-state index contributed by atoms with van der Waals surface area (Å²) in [6.07, 6.45) is 0. The van der Waals surface area contributed by atoms with E-state index in [-0.39, 0.29) is 5.92 Å². The molecule has 2 fully saturated rings. The Kier molecular flexibility index (Phi) is 3.71. The lowest BCUT2D eigenvalue weighted by Gasteiger charge is -2.30. The van der Waals surface area contributed by atoms with E-state index in [9.17, 15) is 0 Å². The zero-order chi connectivity index (χ0) is 15.1. The van der Waals surface area contributed by atoms with Crippen molar-refractivity contribution < 1.29 is 9.26 Å². The first-order valence-electron chi connectivity index (χ1n) is 7.70. The third kappa shape index (κ3) is 2.57. The third-order valence-electron chi connectivity index (χ3n) is 4.79. The summed E-state index contributed by atoms with van der Waals surface area (Å²) < 4.78 is 11.2. The van der Waals surface area contributed by atoms with Crippen molar-refractivity contribution in [2.24, 2.45) is 11.8 Å². The van der Waals surface area contributed by atoms with Crippen LogP contribution in [0.5, 0.6) is 0 Å². The third-order valence-corrected chi connectivity index (χ3v) is 5.71. The summed E-state index contributed by atoms with van der Waals surface area (Å²) >= 11 is 1.75. The van der Waals surface area contributed by atoms with Crippen LogP contribution in [0.1, 0.15) is 28.2 Å². The van der Waals surface area contributed by atoms with E-state index in [2.05, 4.69) is 26.9 Å². The molecule has 0 radical (unpaired) electrons. The number of aromatic nitrogens is 3. The number of fused-ring (bicyclic) bond motifs is 1. The molecular weight excluding hydrogens is 300 g/mol. The van der Waals surface area contributed by atoms with E-state index in [0.717, 1.165) is 37.8 Å². The summed E-state index contributed by atoms with van der Waals surface area (Å²) in [4.78, 5) is 12.7. The van der Waals surface area contributed by atoms with Crippen LogP contribution >= 0.6 is 11.3 Å². The molecule has 6 nitrogen and oxygen atoms in total. The number of hydrogen-bond donors (Lipinski definition) is 0. The minimum absolute atomic E-state index is 0.229. The summed E-state index contributed by atoms with van der Waals surface area (Å²) in [6, 6.07) is 0. The van der Waals surface area contributed by atoms with Crippen molar-refractivity contribution in [2.75, 3.05) is 26.3 Å². The predicted octanol–water partition coefficient (Wildman–Crippen LogP) is 2.00. The highest BCUT2D eigenvalue weighted by molar-refractivity contribution is 7.09. The molecule has 0 amide bonds. The second kappa shape index (κ2) is 5.72. The molecule has 2 aromatic heterocycles. The summed E-state index contributed by atoms with van der Waals surface area (Å²) in [7, 11) is 0. The quantitative estimate of drug-likeness (QED) is 0.862. The minimum atomic E-state index is 0.229. The summed E-state index contributed by atoms with van der Waals surface area (Å²) in [6.45, 7) is 8.61. The van der Waals surface area contributed by atoms with Gasteiger partial charge in [0.15, 0.2) is 5.82 Å². The Balaban J connectivity index is 1.49. The Labute approximate surface area is 133 Å². The Morgan fingerprint density at radius 3 is 2.95 bits per heavy atom. The standard InChI is InChI=1S/C15H20N4O2S/c1-9-14(22-8-16-9)5-19-3-11-6-20-7-13(12(11)4-19)15-17-10(2)18-21-15/h8,11-13H,3-7H2,1-2H3/t11-,12-,13+/m1/s1.